The van der Waals surface area contributed by atoms with Crippen LogP contribution >= 0.6 is 0 Å². The highest BCUT2D eigenvalue weighted by Crippen LogP contribution is 2.28. The number of benzene rings is 1. The average molecular weight is 602 g/mol. The molecule has 3 aliphatic heterocycles. The summed E-state index contributed by atoms with van der Waals surface area (Å²) in [7, 11) is 4.03. The molecule has 43 heavy (non-hydrogen) atoms. The first kappa shape index (κ1) is 33.0. The van der Waals surface area contributed by atoms with Crippen molar-refractivity contribution in [2.45, 2.75) is 70.8 Å². The predicted molar refractivity (Wildman–Crippen MR) is 164 cm³/mol. The largest absolute Gasteiger partial charge is 0.457 e. The first-order chi connectivity index (χ1) is 20.5. The topological polar surface area (TPSA) is 91.8 Å². The lowest BCUT2D eigenvalue weighted by atomic mass is 9.91. The molecule has 2 fully saturated rings. The van der Waals surface area contributed by atoms with Gasteiger partial charge in [0, 0.05) is 43.8 Å². The zero-order valence-corrected chi connectivity index (χ0v) is 26.2. The van der Waals surface area contributed by atoms with E-state index in [0.29, 0.717) is 63.8 Å². The minimum Gasteiger partial charge on any atom is -0.457 e. The first-order valence-corrected chi connectivity index (χ1v) is 15.5. The highest BCUT2D eigenvalue weighted by molar-refractivity contribution is 5.71. The van der Waals surface area contributed by atoms with Gasteiger partial charge in [-0.3, -0.25) is 4.79 Å². The molecule has 0 bridgehead atoms. The van der Waals surface area contributed by atoms with Crippen LogP contribution in [0.25, 0.3) is 6.08 Å². The van der Waals surface area contributed by atoms with Gasteiger partial charge in [0.1, 0.15) is 18.0 Å². The van der Waals surface area contributed by atoms with Gasteiger partial charge in [-0.1, -0.05) is 26.0 Å². The molecule has 0 unspecified atom stereocenters. The van der Waals surface area contributed by atoms with Gasteiger partial charge in [0.05, 0.1) is 25.7 Å². The molecule has 3 aliphatic rings. The van der Waals surface area contributed by atoms with E-state index in [2.05, 4.69) is 9.80 Å². The van der Waals surface area contributed by atoms with E-state index in [1.165, 1.54) is 12.1 Å². The molecule has 0 spiro atoms. The van der Waals surface area contributed by atoms with Crippen molar-refractivity contribution >= 4 is 23.8 Å². The summed E-state index contributed by atoms with van der Waals surface area (Å²) in [6.45, 7) is 9.63. The fraction of sp³-hybridized carbons (Fsp3) is 0.636. The van der Waals surface area contributed by atoms with Gasteiger partial charge in [-0.05, 0) is 81.6 Å². The van der Waals surface area contributed by atoms with Gasteiger partial charge in [-0.2, -0.15) is 0 Å². The van der Waals surface area contributed by atoms with Crippen LogP contribution in [0.3, 0.4) is 0 Å². The summed E-state index contributed by atoms with van der Waals surface area (Å²) >= 11 is 0. The molecule has 1 aromatic carbocycles. The van der Waals surface area contributed by atoms with Crippen molar-refractivity contribution in [1.29, 1.82) is 0 Å². The Morgan fingerprint density at radius 3 is 2.53 bits per heavy atom. The highest BCUT2D eigenvalue weighted by Gasteiger charge is 2.32. The molecule has 9 nitrogen and oxygen atoms in total. The summed E-state index contributed by atoms with van der Waals surface area (Å²) < 4.78 is 32.0. The molecule has 3 heterocycles. The number of ether oxygens (including phenoxy) is 3. The molecule has 1 aromatic rings. The number of cyclic esters (lactones) is 1. The van der Waals surface area contributed by atoms with Gasteiger partial charge >= 0.3 is 12.1 Å². The fourth-order valence-electron chi connectivity index (χ4n) is 6.00. The van der Waals surface area contributed by atoms with E-state index in [0.717, 1.165) is 17.7 Å². The van der Waals surface area contributed by atoms with Gasteiger partial charge in [0.25, 0.3) is 0 Å². The molecule has 238 valence electrons. The number of morpholine rings is 1. The maximum atomic E-state index is 14.7. The predicted octanol–water partition coefficient (Wildman–Crippen LogP) is 4.49. The standard InChI is InChI=1S/C33H48FN3O6/c1-22-6-8-29(38)20-31(39)43-32(23(2)7-9-30(22)42-33(40)37-11-10-27(21-37)35(4)5)24(3)16-25-17-26(34)19-28(18-25)36-12-14-41-15-13-36/h7,9,16-19,22-23,27,29-30,32,38H,6,8,10-15,20-21H2,1-5H3/b9-7+,24-16+/t22-,23-,27+,29+,30-,32-/m0/s1. The number of carbonyl (C=O) groups is 2. The second-order valence-electron chi connectivity index (χ2n) is 12.5. The minimum atomic E-state index is -0.867. The van der Waals surface area contributed by atoms with Crippen molar-refractivity contribution in [1.82, 2.24) is 9.80 Å². The Kier molecular flexibility index (Phi) is 11.6. The SMILES string of the molecule is C/C(=C\c1cc(F)cc(N2CCOCC2)c1)[C@H]1OC(=O)C[C@H](O)CC[C@H](C)[C@@H](OC(=O)N2CC[C@@H](N(C)C)C2)/C=C/[C@@H]1C. The highest BCUT2D eigenvalue weighted by atomic mass is 19.1. The zero-order valence-electron chi connectivity index (χ0n) is 26.2. The van der Waals surface area contributed by atoms with E-state index in [4.69, 9.17) is 14.2 Å². The number of likely N-dealkylation sites (tertiary alicyclic amines) is 1. The number of hydrogen-bond donors (Lipinski definition) is 1. The lowest BCUT2D eigenvalue weighted by Gasteiger charge is -2.29. The molecule has 0 saturated carbocycles. The van der Waals surface area contributed by atoms with Gasteiger partial charge in [-0.15, -0.1) is 0 Å². The molecule has 0 aromatic heterocycles. The van der Waals surface area contributed by atoms with E-state index < -0.39 is 24.3 Å². The Bertz CT molecular complexity index is 1170. The van der Waals surface area contributed by atoms with Gasteiger partial charge in [0.15, 0.2) is 0 Å². The van der Waals surface area contributed by atoms with Gasteiger partial charge in [-0.25, -0.2) is 9.18 Å². The second-order valence-corrected chi connectivity index (χ2v) is 12.5. The maximum Gasteiger partial charge on any atom is 0.410 e. The van der Waals surface area contributed by atoms with Crippen LogP contribution < -0.4 is 4.90 Å². The van der Waals surface area contributed by atoms with Crippen LogP contribution in [0.15, 0.2) is 35.9 Å². The third-order valence-electron chi connectivity index (χ3n) is 8.77. The molecule has 2 saturated heterocycles. The number of nitrogens with zero attached hydrogens (tertiary/aromatic N) is 3. The van der Waals surface area contributed by atoms with E-state index in [1.54, 1.807) is 4.90 Å². The normalized spacial score (nSPS) is 30.4. The lowest BCUT2D eigenvalue weighted by molar-refractivity contribution is -0.151. The number of likely N-dealkylation sites (N-methyl/N-ethyl adjacent to an activating group) is 1. The third kappa shape index (κ3) is 9.27. The van der Waals surface area contributed by atoms with Crippen LogP contribution in [0.4, 0.5) is 14.9 Å². The van der Waals surface area contributed by atoms with Crippen LogP contribution in [0.5, 0.6) is 0 Å². The van der Waals surface area contributed by atoms with Crippen LogP contribution in [0, 0.1) is 17.7 Å². The summed E-state index contributed by atoms with van der Waals surface area (Å²) in [6, 6.07) is 5.22. The first-order valence-electron chi connectivity index (χ1n) is 15.5. The Morgan fingerprint density at radius 1 is 1.09 bits per heavy atom. The molecule has 1 N–H and O–H groups in total. The number of rotatable bonds is 5. The number of anilines is 1. The van der Waals surface area contributed by atoms with E-state index >= 15 is 0 Å². The van der Waals surface area contributed by atoms with Crippen molar-refractivity contribution in [3.8, 4) is 0 Å². The quantitative estimate of drug-likeness (QED) is 0.390. The summed E-state index contributed by atoms with van der Waals surface area (Å²) in [5, 5.41) is 10.6. The van der Waals surface area contributed by atoms with Crippen molar-refractivity contribution in [3.63, 3.8) is 0 Å². The van der Waals surface area contributed by atoms with Crippen molar-refractivity contribution < 1.29 is 33.3 Å². The summed E-state index contributed by atoms with van der Waals surface area (Å²) in [4.78, 5) is 31.9. The minimum absolute atomic E-state index is 0.0641. The average Bonchev–Trinajstić information content (AvgIpc) is 3.47. The van der Waals surface area contributed by atoms with Crippen LogP contribution in [0.1, 0.15) is 52.0 Å². The van der Waals surface area contributed by atoms with Crippen LogP contribution in [-0.4, -0.2) is 105 Å². The zero-order chi connectivity index (χ0) is 31.1. The van der Waals surface area contributed by atoms with Crippen molar-refractivity contribution in [2.75, 3.05) is 58.4 Å². The molecule has 0 aliphatic carbocycles. The molecule has 6 atom stereocenters. The number of amides is 1. The monoisotopic (exact) mass is 601 g/mol. The smallest absolute Gasteiger partial charge is 0.410 e. The van der Waals surface area contributed by atoms with Gasteiger partial charge in [0.2, 0.25) is 0 Å². The number of hydrogen-bond acceptors (Lipinski definition) is 8. The fourth-order valence-corrected chi connectivity index (χ4v) is 6.00. The number of aliphatic hydroxyl groups is 1. The molecule has 1 amide bonds. The van der Waals surface area contributed by atoms with E-state index in [1.807, 2.05) is 59.2 Å². The Morgan fingerprint density at radius 2 is 1.84 bits per heavy atom. The molecule has 4 rings (SSSR count). The molecule has 0 radical (unpaired) electrons. The van der Waals surface area contributed by atoms with E-state index in [9.17, 15) is 19.1 Å². The molecule has 10 heteroatoms. The second kappa shape index (κ2) is 15.2. The Labute approximate surface area is 255 Å². The number of aliphatic hydroxyl groups excluding tert-OH is 1. The molecular weight excluding hydrogens is 553 g/mol. The summed E-state index contributed by atoms with van der Waals surface area (Å²) in [6.07, 6.45) is 5.03. The van der Waals surface area contributed by atoms with Crippen molar-refractivity contribution in [3.05, 3.63) is 47.3 Å². The third-order valence-corrected chi connectivity index (χ3v) is 8.77. The Hall–Kier alpha value is -2.95. The number of carbonyl (C=O) groups excluding carboxylic acids is 2. The van der Waals surface area contributed by atoms with Crippen LogP contribution in [0.2, 0.25) is 0 Å². The summed E-state index contributed by atoms with van der Waals surface area (Å²) in [5.74, 6) is -1.17. The number of esters is 1. The number of halogens is 1. The maximum absolute atomic E-state index is 14.7. The molecular formula is C33H48FN3O6. The Balaban J connectivity index is 1.55. The summed E-state index contributed by atoms with van der Waals surface area (Å²) in [5.41, 5.74) is 2.19. The lowest BCUT2D eigenvalue weighted by Crippen LogP contribution is -2.37. The van der Waals surface area contributed by atoms with Gasteiger partial charge < -0.3 is 34.0 Å². The van der Waals surface area contributed by atoms with Crippen LogP contribution in [-0.2, 0) is 19.0 Å². The van der Waals surface area contributed by atoms with Crippen molar-refractivity contribution in [2.24, 2.45) is 11.8 Å². The van der Waals surface area contributed by atoms with E-state index in [-0.39, 0.29) is 30.2 Å².